The highest BCUT2D eigenvalue weighted by Gasteiger charge is 2.19. The molecule has 1 aliphatic carbocycles. The summed E-state index contributed by atoms with van der Waals surface area (Å²) in [4.78, 5) is 12.2. The SMILES string of the molecule is O=C(Cc1ccc(Br)cc1)C1CCCCCC1. The molecule has 1 nitrogen and oxygen atoms in total. The fourth-order valence-corrected chi connectivity index (χ4v) is 2.81. The van der Waals surface area contributed by atoms with E-state index >= 15 is 0 Å². The minimum Gasteiger partial charge on any atom is -0.299 e. The molecule has 0 heterocycles. The third-order valence-electron chi connectivity index (χ3n) is 3.60. The summed E-state index contributed by atoms with van der Waals surface area (Å²) < 4.78 is 1.07. The van der Waals surface area contributed by atoms with Gasteiger partial charge in [0.25, 0.3) is 0 Å². The normalized spacial score (nSPS) is 17.7. The van der Waals surface area contributed by atoms with Crippen molar-refractivity contribution >= 4 is 21.7 Å². The Bertz CT molecular complexity index is 361. The minimum absolute atomic E-state index is 0.321. The zero-order valence-electron chi connectivity index (χ0n) is 10.1. The van der Waals surface area contributed by atoms with Crippen LogP contribution in [-0.2, 0) is 11.2 Å². The molecule has 0 N–H and O–H groups in total. The van der Waals surface area contributed by atoms with Crippen molar-refractivity contribution in [3.63, 3.8) is 0 Å². The number of carbonyl (C=O) groups is 1. The van der Waals surface area contributed by atoms with E-state index in [2.05, 4.69) is 15.9 Å². The van der Waals surface area contributed by atoms with Gasteiger partial charge in [-0.2, -0.15) is 0 Å². The van der Waals surface area contributed by atoms with Gasteiger partial charge in [-0.25, -0.2) is 0 Å². The largest absolute Gasteiger partial charge is 0.299 e. The fourth-order valence-electron chi connectivity index (χ4n) is 2.55. The molecule has 1 aromatic carbocycles. The zero-order chi connectivity index (χ0) is 12.1. The zero-order valence-corrected chi connectivity index (χ0v) is 11.7. The van der Waals surface area contributed by atoms with Gasteiger partial charge in [-0.3, -0.25) is 4.79 Å². The number of carbonyl (C=O) groups excluding carboxylic acids is 1. The third-order valence-corrected chi connectivity index (χ3v) is 4.13. The van der Waals surface area contributed by atoms with Gasteiger partial charge in [-0.15, -0.1) is 0 Å². The Morgan fingerprint density at radius 3 is 2.24 bits per heavy atom. The Balaban J connectivity index is 1.93. The molecular formula is C15H19BrO. The van der Waals surface area contributed by atoms with E-state index in [1.165, 1.54) is 25.7 Å². The Morgan fingerprint density at radius 1 is 1.06 bits per heavy atom. The summed E-state index contributed by atoms with van der Waals surface area (Å²) in [6.07, 6.45) is 7.90. The Hall–Kier alpha value is -0.630. The highest BCUT2D eigenvalue weighted by atomic mass is 79.9. The average Bonchev–Trinajstić information content (AvgIpc) is 2.61. The van der Waals surface area contributed by atoms with Gasteiger partial charge in [0.2, 0.25) is 0 Å². The molecule has 0 spiro atoms. The van der Waals surface area contributed by atoms with Crippen LogP contribution in [0.5, 0.6) is 0 Å². The van der Waals surface area contributed by atoms with Gasteiger partial charge in [0.1, 0.15) is 5.78 Å². The number of Topliss-reactive ketones (excluding diaryl/α,β-unsaturated/α-hetero) is 1. The molecular weight excluding hydrogens is 276 g/mol. The van der Waals surface area contributed by atoms with Crippen LogP contribution in [0.1, 0.15) is 44.1 Å². The number of halogens is 1. The maximum absolute atomic E-state index is 12.2. The van der Waals surface area contributed by atoms with Gasteiger partial charge < -0.3 is 0 Å². The quantitative estimate of drug-likeness (QED) is 0.749. The smallest absolute Gasteiger partial charge is 0.140 e. The first-order valence-corrected chi connectivity index (χ1v) is 7.32. The number of hydrogen-bond acceptors (Lipinski definition) is 1. The van der Waals surface area contributed by atoms with Crippen LogP contribution in [0.25, 0.3) is 0 Å². The first-order chi connectivity index (χ1) is 8.25. The predicted octanol–water partition coefficient (Wildman–Crippen LogP) is 4.53. The van der Waals surface area contributed by atoms with Crippen LogP contribution in [0.15, 0.2) is 28.7 Å². The Labute approximate surface area is 112 Å². The molecule has 2 heteroatoms. The van der Waals surface area contributed by atoms with E-state index in [-0.39, 0.29) is 0 Å². The molecule has 0 radical (unpaired) electrons. The maximum atomic E-state index is 12.2. The second-order valence-electron chi connectivity index (χ2n) is 4.96. The molecule has 1 saturated carbocycles. The van der Waals surface area contributed by atoms with Gasteiger partial charge in [0.15, 0.2) is 0 Å². The van der Waals surface area contributed by atoms with Crippen LogP contribution in [0.3, 0.4) is 0 Å². The van der Waals surface area contributed by atoms with Gasteiger partial charge in [-0.1, -0.05) is 53.7 Å². The maximum Gasteiger partial charge on any atom is 0.140 e. The first kappa shape index (κ1) is 12.8. The lowest BCUT2D eigenvalue weighted by atomic mass is 9.91. The van der Waals surface area contributed by atoms with E-state index in [1.54, 1.807) is 0 Å². The number of hydrogen-bond donors (Lipinski definition) is 0. The fraction of sp³-hybridized carbons (Fsp3) is 0.533. The molecule has 2 rings (SSSR count). The van der Waals surface area contributed by atoms with E-state index in [0.717, 1.165) is 22.9 Å². The molecule has 0 saturated heterocycles. The van der Waals surface area contributed by atoms with Crippen molar-refractivity contribution in [3.05, 3.63) is 34.3 Å². The van der Waals surface area contributed by atoms with Crippen molar-refractivity contribution in [2.45, 2.75) is 44.9 Å². The van der Waals surface area contributed by atoms with E-state index < -0.39 is 0 Å². The van der Waals surface area contributed by atoms with Gasteiger partial charge in [0.05, 0.1) is 0 Å². The highest BCUT2D eigenvalue weighted by molar-refractivity contribution is 9.10. The summed E-state index contributed by atoms with van der Waals surface area (Å²) in [5.74, 6) is 0.760. The first-order valence-electron chi connectivity index (χ1n) is 6.53. The standard InChI is InChI=1S/C15H19BrO/c16-14-9-7-12(8-10-14)11-15(17)13-5-3-1-2-4-6-13/h7-10,13H,1-6,11H2. The molecule has 0 aromatic heterocycles. The lowest BCUT2D eigenvalue weighted by Gasteiger charge is -2.12. The molecule has 0 atom stereocenters. The topological polar surface area (TPSA) is 17.1 Å². The van der Waals surface area contributed by atoms with Gasteiger partial charge in [0, 0.05) is 16.8 Å². The summed E-state index contributed by atoms with van der Waals surface area (Å²) in [5.41, 5.74) is 1.14. The minimum atomic E-state index is 0.321. The molecule has 0 amide bonds. The number of benzene rings is 1. The van der Waals surface area contributed by atoms with E-state index in [0.29, 0.717) is 18.1 Å². The molecule has 92 valence electrons. The second kappa shape index (κ2) is 6.34. The van der Waals surface area contributed by atoms with Crippen molar-refractivity contribution < 1.29 is 4.79 Å². The van der Waals surface area contributed by atoms with Crippen LogP contribution in [0.2, 0.25) is 0 Å². The summed E-state index contributed by atoms with van der Waals surface area (Å²) >= 11 is 3.41. The molecule has 17 heavy (non-hydrogen) atoms. The van der Waals surface area contributed by atoms with E-state index in [9.17, 15) is 4.79 Å². The van der Waals surface area contributed by atoms with Crippen molar-refractivity contribution in [2.75, 3.05) is 0 Å². The molecule has 1 fully saturated rings. The van der Waals surface area contributed by atoms with Crippen LogP contribution in [0.4, 0.5) is 0 Å². The van der Waals surface area contributed by atoms with Gasteiger partial charge >= 0.3 is 0 Å². The molecule has 1 aromatic rings. The van der Waals surface area contributed by atoms with Crippen molar-refractivity contribution in [2.24, 2.45) is 5.92 Å². The molecule has 0 bridgehead atoms. The molecule has 1 aliphatic rings. The molecule has 0 aliphatic heterocycles. The number of rotatable bonds is 3. The average molecular weight is 295 g/mol. The lowest BCUT2D eigenvalue weighted by molar-refractivity contribution is -0.122. The van der Waals surface area contributed by atoms with Crippen LogP contribution < -0.4 is 0 Å². The van der Waals surface area contributed by atoms with Crippen molar-refractivity contribution in [1.82, 2.24) is 0 Å². The molecule has 0 unspecified atom stereocenters. The summed E-state index contributed by atoms with van der Waals surface area (Å²) in [5, 5.41) is 0. The predicted molar refractivity (Wildman–Crippen MR) is 74.0 cm³/mol. The van der Waals surface area contributed by atoms with Crippen LogP contribution in [-0.4, -0.2) is 5.78 Å². The van der Waals surface area contributed by atoms with Crippen LogP contribution in [0, 0.1) is 5.92 Å². The lowest BCUT2D eigenvalue weighted by Crippen LogP contribution is -2.16. The van der Waals surface area contributed by atoms with E-state index in [4.69, 9.17) is 0 Å². The van der Waals surface area contributed by atoms with Crippen LogP contribution >= 0.6 is 15.9 Å². The second-order valence-corrected chi connectivity index (χ2v) is 5.87. The summed E-state index contributed by atoms with van der Waals surface area (Å²) in [6, 6.07) is 8.10. The highest BCUT2D eigenvalue weighted by Crippen LogP contribution is 2.24. The summed E-state index contributed by atoms with van der Waals surface area (Å²) in [7, 11) is 0. The van der Waals surface area contributed by atoms with E-state index in [1.807, 2.05) is 24.3 Å². The van der Waals surface area contributed by atoms with Crippen molar-refractivity contribution in [3.8, 4) is 0 Å². The number of ketones is 1. The Kier molecular flexibility index (Phi) is 4.78. The van der Waals surface area contributed by atoms with Gasteiger partial charge in [-0.05, 0) is 30.5 Å². The Morgan fingerprint density at radius 2 is 1.65 bits per heavy atom. The van der Waals surface area contributed by atoms with Crippen molar-refractivity contribution in [1.29, 1.82) is 0 Å². The summed E-state index contributed by atoms with van der Waals surface area (Å²) in [6.45, 7) is 0. The third kappa shape index (κ3) is 3.95. The monoisotopic (exact) mass is 294 g/mol.